The number of anilines is 2. The summed E-state index contributed by atoms with van der Waals surface area (Å²) in [5.41, 5.74) is 2.76. The lowest BCUT2D eigenvalue weighted by atomic mass is 10.1. The second kappa shape index (κ2) is 11.9. The second-order valence-electron chi connectivity index (χ2n) is 8.87. The minimum atomic E-state index is -3.76. The van der Waals surface area contributed by atoms with Crippen LogP contribution in [-0.4, -0.2) is 37.2 Å². The summed E-state index contributed by atoms with van der Waals surface area (Å²) >= 11 is 0. The van der Waals surface area contributed by atoms with Gasteiger partial charge in [0.2, 0.25) is 15.0 Å². The zero-order valence-corrected chi connectivity index (χ0v) is 22.4. The van der Waals surface area contributed by atoms with Gasteiger partial charge >= 0.3 is 0 Å². The fourth-order valence-electron chi connectivity index (χ4n) is 3.77. The topological polar surface area (TPSA) is 115 Å². The zero-order chi connectivity index (χ0) is 27.1. The maximum atomic E-state index is 13.5. The molecule has 0 radical (unpaired) electrons. The number of nitrogens with one attached hydrogen (secondary N) is 1. The molecular formula is C28H30N4O5S. The fourth-order valence-corrected chi connectivity index (χ4v) is 4.27. The van der Waals surface area contributed by atoms with Gasteiger partial charge in [0.05, 0.1) is 31.3 Å². The van der Waals surface area contributed by atoms with Gasteiger partial charge < -0.3 is 19.4 Å². The number of ether oxygens (including phenoxy) is 1. The first-order valence-electron chi connectivity index (χ1n) is 12.2. The van der Waals surface area contributed by atoms with Crippen LogP contribution < -0.4 is 15.0 Å². The van der Waals surface area contributed by atoms with Crippen molar-refractivity contribution in [3.8, 4) is 5.75 Å². The van der Waals surface area contributed by atoms with E-state index in [-0.39, 0.29) is 12.2 Å². The third-order valence-corrected chi connectivity index (χ3v) is 6.53. The highest BCUT2D eigenvalue weighted by molar-refractivity contribution is 7.90. The Morgan fingerprint density at radius 3 is 2.50 bits per heavy atom. The van der Waals surface area contributed by atoms with Crippen molar-refractivity contribution < 1.29 is 22.4 Å². The molecule has 1 amide bonds. The van der Waals surface area contributed by atoms with Gasteiger partial charge in [-0.2, -0.15) is 0 Å². The average molecular weight is 535 g/mol. The lowest BCUT2D eigenvalue weighted by molar-refractivity contribution is 0.102. The van der Waals surface area contributed by atoms with E-state index in [1.165, 1.54) is 6.20 Å². The van der Waals surface area contributed by atoms with Crippen molar-refractivity contribution in [2.75, 3.05) is 23.1 Å². The molecule has 198 valence electrons. The molecule has 0 aliphatic carbocycles. The van der Waals surface area contributed by atoms with Crippen molar-refractivity contribution in [3.63, 3.8) is 0 Å². The number of carbonyl (C=O) groups excluding carboxylic acids is 1. The number of aryl methyl sites for hydroxylation is 1. The van der Waals surface area contributed by atoms with Gasteiger partial charge in [0, 0.05) is 24.1 Å². The van der Waals surface area contributed by atoms with Crippen molar-refractivity contribution >= 4 is 27.1 Å². The third kappa shape index (κ3) is 6.77. The number of hydrogen-bond acceptors (Lipinski definition) is 8. The van der Waals surface area contributed by atoms with Gasteiger partial charge in [-0.25, -0.2) is 18.4 Å². The van der Waals surface area contributed by atoms with Gasteiger partial charge in [-0.15, -0.1) is 0 Å². The smallest absolute Gasteiger partial charge is 0.276 e. The SMILES string of the molecule is CCCOc1ccccc1CN(Cc1ccco1)c1cnc(S(C)(=O)=O)nc1C(=O)Nc1ccc(C)cc1. The number of hydrogen-bond donors (Lipinski definition) is 1. The zero-order valence-electron chi connectivity index (χ0n) is 21.5. The van der Waals surface area contributed by atoms with Crippen LogP contribution in [0.25, 0.3) is 0 Å². The lowest BCUT2D eigenvalue weighted by Crippen LogP contribution is -2.27. The molecule has 2 heterocycles. The number of benzene rings is 2. The number of amides is 1. The first-order valence-corrected chi connectivity index (χ1v) is 14.1. The van der Waals surface area contributed by atoms with Gasteiger partial charge in [-0.05, 0) is 43.7 Å². The minimum absolute atomic E-state index is 0.0699. The van der Waals surface area contributed by atoms with Crippen molar-refractivity contribution in [1.82, 2.24) is 9.97 Å². The monoisotopic (exact) mass is 534 g/mol. The molecule has 4 aromatic rings. The van der Waals surface area contributed by atoms with Crippen LogP contribution in [0, 0.1) is 6.92 Å². The highest BCUT2D eigenvalue weighted by Crippen LogP contribution is 2.28. The van der Waals surface area contributed by atoms with Crippen LogP contribution in [0.4, 0.5) is 11.4 Å². The molecule has 4 rings (SSSR count). The molecule has 38 heavy (non-hydrogen) atoms. The first-order chi connectivity index (χ1) is 18.2. The molecule has 0 fully saturated rings. The fraction of sp³-hybridized carbons (Fsp3) is 0.250. The Hall–Kier alpha value is -4.18. The van der Waals surface area contributed by atoms with E-state index in [0.717, 1.165) is 29.6 Å². The molecule has 0 saturated carbocycles. The maximum absolute atomic E-state index is 13.5. The van der Waals surface area contributed by atoms with Crippen LogP contribution in [0.3, 0.4) is 0 Å². The van der Waals surface area contributed by atoms with E-state index in [1.807, 2.05) is 61.2 Å². The van der Waals surface area contributed by atoms with Crippen LogP contribution in [-0.2, 0) is 22.9 Å². The van der Waals surface area contributed by atoms with E-state index in [9.17, 15) is 13.2 Å². The highest BCUT2D eigenvalue weighted by atomic mass is 32.2. The minimum Gasteiger partial charge on any atom is -0.493 e. The summed E-state index contributed by atoms with van der Waals surface area (Å²) in [4.78, 5) is 23.7. The molecule has 0 spiro atoms. The van der Waals surface area contributed by atoms with Crippen LogP contribution in [0.5, 0.6) is 5.75 Å². The highest BCUT2D eigenvalue weighted by Gasteiger charge is 2.25. The van der Waals surface area contributed by atoms with E-state index in [2.05, 4.69) is 15.3 Å². The Labute approximate surface area is 222 Å². The summed E-state index contributed by atoms with van der Waals surface area (Å²) in [5.74, 6) is 0.809. The predicted octanol–water partition coefficient (Wildman–Crippen LogP) is 5.03. The Morgan fingerprint density at radius 1 is 1.05 bits per heavy atom. The first kappa shape index (κ1) is 26.9. The van der Waals surface area contributed by atoms with Crippen LogP contribution in [0.2, 0.25) is 0 Å². The molecule has 10 heteroatoms. The number of nitrogens with zero attached hydrogens (tertiary/aromatic N) is 3. The molecule has 2 aromatic heterocycles. The molecule has 0 bridgehead atoms. The molecule has 9 nitrogen and oxygen atoms in total. The number of sulfone groups is 1. The van der Waals surface area contributed by atoms with Crippen LogP contribution in [0.1, 0.15) is 40.7 Å². The Morgan fingerprint density at radius 2 is 1.82 bits per heavy atom. The Balaban J connectivity index is 1.78. The van der Waals surface area contributed by atoms with E-state index >= 15 is 0 Å². The molecule has 2 aromatic carbocycles. The summed E-state index contributed by atoms with van der Waals surface area (Å²) < 4.78 is 36.1. The second-order valence-corrected chi connectivity index (χ2v) is 10.8. The van der Waals surface area contributed by atoms with Gasteiger partial charge in [0.15, 0.2) is 5.69 Å². The number of para-hydroxylation sites is 1. The Kier molecular flexibility index (Phi) is 8.42. The van der Waals surface area contributed by atoms with Crippen LogP contribution >= 0.6 is 0 Å². The van der Waals surface area contributed by atoms with E-state index < -0.39 is 20.9 Å². The van der Waals surface area contributed by atoms with Crippen LogP contribution in [0.15, 0.2) is 82.7 Å². The number of furan rings is 1. The summed E-state index contributed by atoms with van der Waals surface area (Å²) in [5, 5.41) is 2.39. The van der Waals surface area contributed by atoms with Crippen molar-refractivity contribution in [3.05, 3.63) is 95.7 Å². The molecule has 1 N–H and O–H groups in total. The van der Waals surface area contributed by atoms with E-state index in [1.54, 1.807) is 24.5 Å². The van der Waals surface area contributed by atoms with Crippen molar-refractivity contribution in [2.45, 2.75) is 38.5 Å². The van der Waals surface area contributed by atoms with Gasteiger partial charge in [0.1, 0.15) is 11.5 Å². The molecule has 0 aliphatic heterocycles. The lowest BCUT2D eigenvalue weighted by Gasteiger charge is -2.26. The largest absolute Gasteiger partial charge is 0.493 e. The standard InChI is InChI=1S/C28H30N4O5S/c1-4-15-37-25-10-6-5-8-21(25)18-32(19-23-9-7-16-36-23)24-17-29-28(38(3,34)35)31-26(24)27(33)30-22-13-11-20(2)12-14-22/h5-14,16-17H,4,15,18-19H2,1-3H3,(H,30,33). The predicted molar refractivity (Wildman–Crippen MR) is 145 cm³/mol. The molecule has 0 atom stereocenters. The van der Waals surface area contributed by atoms with Gasteiger partial charge in [-0.3, -0.25) is 4.79 Å². The molecule has 0 unspecified atom stereocenters. The summed E-state index contributed by atoms with van der Waals surface area (Å²) in [6, 6.07) is 18.5. The van der Waals surface area contributed by atoms with Crippen molar-refractivity contribution in [2.24, 2.45) is 0 Å². The average Bonchev–Trinajstić information content (AvgIpc) is 3.41. The summed E-state index contributed by atoms with van der Waals surface area (Å²) in [6.45, 7) is 5.15. The van der Waals surface area contributed by atoms with Gasteiger partial charge in [0.25, 0.3) is 5.91 Å². The number of rotatable bonds is 11. The van der Waals surface area contributed by atoms with Crippen molar-refractivity contribution in [1.29, 1.82) is 0 Å². The number of carbonyl (C=O) groups is 1. The van der Waals surface area contributed by atoms with E-state index in [0.29, 0.717) is 30.3 Å². The molecular weight excluding hydrogens is 504 g/mol. The Bertz CT molecular complexity index is 1490. The molecule has 0 saturated heterocycles. The summed E-state index contributed by atoms with van der Waals surface area (Å²) in [7, 11) is -3.76. The van der Waals surface area contributed by atoms with Gasteiger partial charge in [-0.1, -0.05) is 42.8 Å². The molecule has 0 aliphatic rings. The summed E-state index contributed by atoms with van der Waals surface area (Å²) in [6.07, 6.45) is 4.80. The third-order valence-electron chi connectivity index (χ3n) is 5.67. The normalized spacial score (nSPS) is 11.2. The van der Waals surface area contributed by atoms with E-state index in [4.69, 9.17) is 9.15 Å². The maximum Gasteiger partial charge on any atom is 0.276 e. The number of aromatic nitrogens is 2. The quantitative estimate of drug-likeness (QED) is 0.267.